The molecule has 1 aromatic carbocycles. The Hall–Kier alpha value is -1.92. The second kappa shape index (κ2) is 5.81. The monoisotopic (exact) mass is 277 g/mol. The number of aryl methyl sites for hydroxylation is 1. The number of aromatic nitrogens is 1. The number of ether oxygens (including phenoxy) is 1. The maximum absolute atomic E-state index is 11.5. The molecule has 0 spiro atoms. The Kier molecular flexibility index (Phi) is 4.13. The highest BCUT2D eigenvalue weighted by Gasteiger charge is 2.14. The van der Waals surface area contributed by atoms with Crippen molar-refractivity contribution in [3.05, 3.63) is 45.4 Å². The first kappa shape index (κ1) is 13.5. The number of amides is 1. The van der Waals surface area contributed by atoms with Gasteiger partial charge in [0.15, 0.2) is 0 Å². The molecular weight excluding hydrogens is 262 g/mol. The average Bonchev–Trinajstić information content (AvgIpc) is 2.79. The molecule has 0 aliphatic carbocycles. The first-order valence-corrected chi connectivity index (χ1v) is 6.56. The number of carbonyl (C=O) groups excluding carboxylic acids is 1. The molecule has 0 fully saturated rings. The Morgan fingerprint density at radius 2 is 2.11 bits per heavy atom. The van der Waals surface area contributed by atoms with Crippen molar-refractivity contribution in [1.29, 1.82) is 0 Å². The topological polar surface area (TPSA) is 77.2 Å². The smallest absolute Gasteiger partial charge is 0.277 e. The number of rotatable bonds is 4. The molecule has 0 atom stereocenters. The van der Waals surface area contributed by atoms with E-state index in [1.165, 1.54) is 11.3 Å². The third-order valence-corrected chi connectivity index (χ3v) is 3.85. The van der Waals surface area contributed by atoms with E-state index in [4.69, 9.17) is 10.6 Å². The minimum absolute atomic E-state index is 0.295. The molecule has 2 aromatic rings. The van der Waals surface area contributed by atoms with Crippen molar-refractivity contribution in [1.82, 2.24) is 10.4 Å². The van der Waals surface area contributed by atoms with E-state index in [1.807, 2.05) is 24.3 Å². The van der Waals surface area contributed by atoms with Gasteiger partial charge in [0.2, 0.25) is 0 Å². The summed E-state index contributed by atoms with van der Waals surface area (Å²) >= 11 is 1.36. The molecule has 1 amide bonds. The highest BCUT2D eigenvalue weighted by atomic mass is 32.1. The highest BCUT2D eigenvalue weighted by molar-refractivity contribution is 7.13. The fourth-order valence-corrected chi connectivity index (χ4v) is 2.72. The lowest BCUT2D eigenvalue weighted by atomic mass is 10.1. The summed E-state index contributed by atoms with van der Waals surface area (Å²) in [7, 11) is 1.64. The normalized spacial score (nSPS) is 10.3. The number of nitrogens with zero attached hydrogens (tertiary/aromatic N) is 1. The van der Waals surface area contributed by atoms with Gasteiger partial charge in [-0.1, -0.05) is 12.1 Å². The highest BCUT2D eigenvalue weighted by Crippen LogP contribution is 2.21. The van der Waals surface area contributed by atoms with Gasteiger partial charge in [0, 0.05) is 6.42 Å². The van der Waals surface area contributed by atoms with Crippen molar-refractivity contribution in [2.75, 3.05) is 7.11 Å². The summed E-state index contributed by atoms with van der Waals surface area (Å²) in [6.45, 7) is 1.80. The Bertz CT molecular complexity index is 578. The van der Waals surface area contributed by atoms with Crippen LogP contribution in [0.4, 0.5) is 0 Å². The van der Waals surface area contributed by atoms with E-state index in [9.17, 15) is 4.79 Å². The Balaban J connectivity index is 2.16. The summed E-state index contributed by atoms with van der Waals surface area (Å²) in [4.78, 5) is 16.5. The van der Waals surface area contributed by atoms with E-state index < -0.39 is 0 Å². The van der Waals surface area contributed by atoms with Gasteiger partial charge in [0.1, 0.15) is 10.6 Å². The van der Waals surface area contributed by atoms with Crippen molar-refractivity contribution in [2.45, 2.75) is 13.3 Å². The maximum atomic E-state index is 11.5. The lowest BCUT2D eigenvalue weighted by Crippen LogP contribution is -2.29. The summed E-state index contributed by atoms with van der Waals surface area (Å²) in [5.41, 5.74) is 3.95. The number of nitrogen functional groups attached to an aromatic ring is 1. The summed E-state index contributed by atoms with van der Waals surface area (Å²) in [5.74, 6) is 5.66. The van der Waals surface area contributed by atoms with Gasteiger partial charge in [-0.15, -0.1) is 11.3 Å². The van der Waals surface area contributed by atoms with Crippen molar-refractivity contribution < 1.29 is 9.53 Å². The number of benzene rings is 1. The molecule has 0 unspecified atom stereocenters. The molecule has 100 valence electrons. The molecule has 19 heavy (non-hydrogen) atoms. The van der Waals surface area contributed by atoms with Crippen molar-refractivity contribution in [3.63, 3.8) is 0 Å². The van der Waals surface area contributed by atoms with Gasteiger partial charge in [-0.25, -0.2) is 10.8 Å². The molecular formula is C13H15N3O2S. The lowest BCUT2D eigenvalue weighted by molar-refractivity contribution is 0.0957. The Labute approximate surface area is 115 Å². The largest absolute Gasteiger partial charge is 0.497 e. The minimum atomic E-state index is -0.295. The number of nitrogens with one attached hydrogen (secondary N) is 1. The van der Waals surface area contributed by atoms with Gasteiger partial charge in [0.05, 0.1) is 17.8 Å². The fraction of sp³-hybridized carbons (Fsp3) is 0.231. The summed E-state index contributed by atoms with van der Waals surface area (Å²) in [6.07, 6.45) is 0.688. The molecule has 0 radical (unpaired) electrons. The number of methoxy groups -OCH3 is 1. The van der Waals surface area contributed by atoms with Crippen LogP contribution >= 0.6 is 11.3 Å². The van der Waals surface area contributed by atoms with E-state index in [-0.39, 0.29) is 5.91 Å². The van der Waals surface area contributed by atoms with E-state index in [0.717, 1.165) is 16.3 Å². The molecule has 0 saturated heterocycles. The van der Waals surface area contributed by atoms with Gasteiger partial charge >= 0.3 is 0 Å². The third kappa shape index (κ3) is 3.10. The van der Waals surface area contributed by atoms with Gasteiger partial charge in [-0.2, -0.15) is 0 Å². The SMILES string of the molecule is COc1ccc(Cc2nc(C)c(C(=O)NN)s2)cc1. The molecule has 0 aliphatic heterocycles. The quantitative estimate of drug-likeness (QED) is 0.506. The molecule has 2 rings (SSSR count). The predicted molar refractivity (Wildman–Crippen MR) is 74.3 cm³/mol. The number of hydrogen-bond acceptors (Lipinski definition) is 5. The molecule has 1 heterocycles. The van der Waals surface area contributed by atoms with Crippen LogP contribution in [0.15, 0.2) is 24.3 Å². The van der Waals surface area contributed by atoms with Crippen molar-refractivity contribution >= 4 is 17.2 Å². The minimum Gasteiger partial charge on any atom is -0.497 e. The van der Waals surface area contributed by atoms with Crippen LogP contribution in [-0.4, -0.2) is 18.0 Å². The molecule has 0 aliphatic rings. The fourth-order valence-electron chi connectivity index (χ4n) is 1.72. The molecule has 3 N–H and O–H groups in total. The number of nitrogens with two attached hydrogens (primary N) is 1. The summed E-state index contributed by atoms with van der Waals surface area (Å²) in [6, 6.07) is 7.78. The van der Waals surface area contributed by atoms with Crippen LogP contribution in [0, 0.1) is 6.92 Å². The van der Waals surface area contributed by atoms with Gasteiger partial charge in [-0.05, 0) is 24.6 Å². The zero-order valence-corrected chi connectivity index (χ0v) is 11.6. The van der Waals surface area contributed by atoms with Crippen LogP contribution in [0.25, 0.3) is 0 Å². The second-order valence-electron chi connectivity index (χ2n) is 4.02. The molecule has 1 aromatic heterocycles. The standard InChI is InChI=1S/C13H15N3O2S/c1-8-12(13(17)16-14)19-11(15-8)7-9-3-5-10(18-2)6-4-9/h3-6H,7,14H2,1-2H3,(H,16,17). The summed E-state index contributed by atoms with van der Waals surface area (Å²) in [5, 5.41) is 0.890. The van der Waals surface area contributed by atoms with E-state index in [0.29, 0.717) is 17.0 Å². The van der Waals surface area contributed by atoms with Crippen LogP contribution in [0.5, 0.6) is 5.75 Å². The second-order valence-corrected chi connectivity index (χ2v) is 5.10. The van der Waals surface area contributed by atoms with E-state index in [2.05, 4.69) is 10.4 Å². The Morgan fingerprint density at radius 1 is 1.42 bits per heavy atom. The van der Waals surface area contributed by atoms with Crippen molar-refractivity contribution in [3.8, 4) is 5.75 Å². The van der Waals surface area contributed by atoms with E-state index in [1.54, 1.807) is 14.0 Å². The molecule has 5 nitrogen and oxygen atoms in total. The number of hydrazine groups is 1. The van der Waals surface area contributed by atoms with Crippen LogP contribution in [-0.2, 0) is 6.42 Å². The van der Waals surface area contributed by atoms with Gasteiger partial charge in [0.25, 0.3) is 5.91 Å². The Morgan fingerprint density at radius 3 is 2.68 bits per heavy atom. The molecule has 0 bridgehead atoms. The van der Waals surface area contributed by atoms with Crippen molar-refractivity contribution in [2.24, 2.45) is 5.84 Å². The maximum Gasteiger partial charge on any atom is 0.277 e. The van der Waals surface area contributed by atoms with Gasteiger partial charge in [-0.3, -0.25) is 10.2 Å². The van der Waals surface area contributed by atoms with Crippen LogP contribution in [0.2, 0.25) is 0 Å². The zero-order valence-electron chi connectivity index (χ0n) is 10.8. The number of thiazole rings is 1. The predicted octanol–water partition coefficient (Wildman–Crippen LogP) is 1.65. The first-order valence-electron chi connectivity index (χ1n) is 5.74. The first-order chi connectivity index (χ1) is 9.13. The van der Waals surface area contributed by atoms with Crippen LogP contribution in [0.3, 0.4) is 0 Å². The third-order valence-electron chi connectivity index (χ3n) is 2.69. The lowest BCUT2D eigenvalue weighted by Gasteiger charge is -2.01. The van der Waals surface area contributed by atoms with E-state index >= 15 is 0 Å². The molecule has 0 saturated carbocycles. The number of carbonyl (C=O) groups is 1. The molecule has 6 heteroatoms. The van der Waals surface area contributed by atoms with Crippen LogP contribution < -0.4 is 16.0 Å². The summed E-state index contributed by atoms with van der Waals surface area (Å²) < 4.78 is 5.11. The number of hydrogen-bond donors (Lipinski definition) is 2. The van der Waals surface area contributed by atoms with Gasteiger partial charge < -0.3 is 4.74 Å². The average molecular weight is 277 g/mol. The van der Waals surface area contributed by atoms with Crippen LogP contribution in [0.1, 0.15) is 25.9 Å². The zero-order chi connectivity index (χ0) is 13.8.